The number of fused-ring (bicyclic) bond motifs is 1. The van der Waals surface area contributed by atoms with Crippen molar-refractivity contribution in [3.8, 4) is 0 Å². The topological polar surface area (TPSA) is 87.5 Å². The van der Waals surface area contributed by atoms with Crippen molar-refractivity contribution in [2.45, 2.75) is 77.9 Å². The first-order valence-corrected chi connectivity index (χ1v) is 13.0. The average molecular weight is 478 g/mol. The molecule has 1 N–H and O–H groups in total. The molecule has 0 unspecified atom stereocenters. The van der Waals surface area contributed by atoms with Crippen molar-refractivity contribution in [1.29, 1.82) is 0 Å². The van der Waals surface area contributed by atoms with E-state index in [9.17, 15) is 14.4 Å². The molecular weight excluding hydrogens is 442 g/mol. The number of carbonyl (C=O) groups is 3. The fourth-order valence-corrected chi connectivity index (χ4v) is 5.58. The lowest BCUT2D eigenvalue weighted by Crippen LogP contribution is -2.38. The van der Waals surface area contributed by atoms with Gasteiger partial charge in [0.1, 0.15) is 0 Å². The maximum atomic E-state index is 13.5. The van der Waals surface area contributed by atoms with Crippen LogP contribution in [0.25, 0.3) is 0 Å². The molecule has 1 saturated heterocycles. The number of aromatic nitrogens is 2. The predicted molar refractivity (Wildman–Crippen MR) is 133 cm³/mol. The van der Waals surface area contributed by atoms with E-state index in [0.717, 1.165) is 55.6 Å². The molecule has 5 rings (SSSR count). The van der Waals surface area contributed by atoms with E-state index >= 15 is 0 Å². The number of hydrogen-bond acceptors (Lipinski definition) is 4. The number of nitrogens with zero attached hydrogens (tertiary/aromatic N) is 4. The maximum Gasteiger partial charge on any atom is 0.272 e. The van der Waals surface area contributed by atoms with Crippen molar-refractivity contribution < 1.29 is 14.4 Å². The SMILES string of the molecule is CC(C)Cn1nc(C(=O)NC2CCCC2)c2c1CCN(C(=O)c1cccc(N3CCCC3=O)c1)C2. The van der Waals surface area contributed by atoms with Crippen molar-refractivity contribution in [1.82, 2.24) is 20.0 Å². The van der Waals surface area contributed by atoms with Crippen LogP contribution in [-0.2, 0) is 24.3 Å². The Morgan fingerprint density at radius 3 is 2.63 bits per heavy atom. The summed E-state index contributed by atoms with van der Waals surface area (Å²) in [5.74, 6) is 0.301. The smallest absolute Gasteiger partial charge is 0.272 e. The van der Waals surface area contributed by atoms with Gasteiger partial charge in [0, 0.05) is 61.0 Å². The van der Waals surface area contributed by atoms with Crippen LogP contribution in [0.15, 0.2) is 24.3 Å². The first-order chi connectivity index (χ1) is 16.9. The summed E-state index contributed by atoms with van der Waals surface area (Å²) in [7, 11) is 0. The van der Waals surface area contributed by atoms with E-state index in [4.69, 9.17) is 5.10 Å². The average Bonchev–Trinajstić information content (AvgIpc) is 3.59. The summed E-state index contributed by atoms with van der Waals surface area (Å²) in [6.45, 7) is 6.67. The van der Waals surface area contributed by atoms with Gasteiger partial charge in [-0.05, 0) is 43.4 Å². The van der Waals surface area contributed by atoms with Gasteiger partial charge in [0.15, 0.2) is 5.69 Å². The lowest BCUT2D eigenvalue weighted by atomic mass is 10.0. The molecule has 8 heteroatoms. The van der Waals surface area contributed by atoms with Gasteiger partial charge in [-0.2, -0.15) is 5.10 Å². The summed E-state index contributed by atoms with van der Waals surface area (Å²) in [6.07, 6.45) is 6.39. The van der Waals surface area contributed by atoms with E-state index in [2.05, 4.69) is 19.2 Å². The minimum Gasteiger partial charge on any atom is -0.348 e. The molecule has 8 nitrogen and oxygen atoms in total. The van der Waals surface area contributed by atoms with E-state index in [1.165, 1.54) is 0 Å². The van der Waals surface area contributed by atoms with Gasteiger partial charge < -0.3 is 15.1 Å². The summed E-state index contributed by atoms with van der Waals surface area (Å²) in [4.78, 5) is 42.5. The van der Waals surface area contributed by atoms with E-state index in [1.54, 1.807) is 15.9 Å². The highest BCUT2D eigenvalue weighted by atomic mass is 16.2. The molecule has 2 fully saturated rings. The minimum absolute atomic E-state index is 0.0806. The van der Waals surface area contributed by atoms with Crippen molar-refractivity contribution in [3.05, 3.63) is 46.8 Å². The third kappa shape index (κ3) is 4.83. The largest absolute Gasteiger partial charge is 0.348 e. The standard InChI is InChI=1S/C27H35N5O3/c1-18(2)16-32-23-12-14-30(17-22(23)25(29-32)26(34)28-20-8-3-4-9-20)27(35)19-7-5-10-21(15-19)31-13-6-11-24(31)33/h5,7,10,15,18,20H,3-4,6,8-9,11-14,16-17H2,1-2H3,(H,28,34). The highest BCUT2D eigenvalue weighted by Gasteiger charge is 2.32. The van der Waals surface area contributed by atoms with Gasteiger partial charge in [-0.3, -0.25) is 19.1 Å². The van der Waals surface area contributed by atoms with Crippen LogP contribution in [-0.4, -0.2) is 51.5 Å². The third-order valence-corrected chi connectivity index (χ3v) is 7.34. The molecule has 2 aliphatic heterocycles. The van der Waals surface area contributed by atoms with Crippen molar-refractivity contribution in [2.75, 3.05) is 18.0 Å². The van der Waals surface area contributed by atoms with Crippen molar-refractivity contribution >= 4 is 23.4 Å². The van der Waals surface area contributed by atoms with E-state index in [0.29, 0.717) is 49.7 Å². The molecule has 1 aromatic heterocycles. The fourth-order valence-electron chi connectivity index (χ4n) is 5.58. The number of carbonyl (C=O) groups excluding carboxylic acids is 3. The molecule has 1 aliphatic carbocycles. The Bertz CT molecular complexity index is 1130. The van der Waals surface area contributed by atoms with Gasteiger partial charge in [-0.15, -0.1) is 0 Å². The number of amides is 3. The summed E-state index contributed by atoms with van der Waals surface area (Å²) >= 11 is 0. The van der Waals surface area contributed by atoms with Crippen LogP contribution < -0.4 is 10.2 Å². The quantitative estimate of drug-likeness (QED) is 0.689. The van der Waals surface area contributed by atoms with Gasteiger partial charge >= 0.3 is 0 Å². The maximum absolute atomic E-state index is 13.5. The number of rotatable bonds is 6. The first kappa shape index (κ1) is 23.6. The Hall–Kier alpha value is -3.16. The van der Waals surface area contributed by atoms with Crippen LogP contribution in [0.4, 0.5) is 5.69 Å². The Morgan fingerprint density at radius 2 is 1.91 bits per heavy atom. The second-order valence-electron chi connectivity index (χ2n) is 10.5. The third-order valence-electron chi connectivity index (χ3n) is 7.34. The van der Waals surface area contributed by atoms with Crippen LogP contribution >= 0.6 is 0 Å². The van der Waals surface area contributed by atoms with Crippen LogP contribution in [0.2, 0.25) is 0 Å². The molecule has 3 amide bonds. The van der Waals surface area contributed by atoms with E-state index in [1.807, 2.05) is 22.9 Å². The highest BCUT2D eigenvalue weighted by Crippen LogP contribution is 2.28. The zero-order valence-corrected chi connectivity index (χ0v) is 20.8. The molecular formula is C27H35N5O3. The van der Waals surface area contributed by atoms with Gasteiger partial charge in [0.25, 0.3) is 11.8 Å². The van der Waals surface area contributed by atoms with Crippen molar-refractivity contribution in [3.63, 3.8) is 0 Å². The van der Waals surface area contributed by atoms with Crippen LogP contribution in [0, 0.1) is 5.92 Å². The molecule has 1 aromatic carbocycles. The Morgan fingerprint density at radius 1 is 1.11 bits per heavy atom. The summed E-state index contributed by atoms with van der Waals surface area (Å²) in [5, 5.41) is 7.91. The lowest BCUT2D eigenvalue weighted by Gasteiger charge is -2.28. The molecule has 35 heavy (non-hydrogen) atoms. The minimum atomic E-state index is -0.125. The molecule has 0 bridgehead atoms. The van der Waals surface area contributed by atoms with Gasteiger partial charge in [0.2, 0.25) is 5.91 Å². The second-order valence-corrected chi connectivity index (χ2v) is 10.5. The summed E-state index contributed by atoms with van der Waals surface area (Å²) < 4.78 is 1.98. The fraction of sp³-hybridized carbons (Fsp3) is 0.556. The first-order valence-electron chi connectivity index (χ1n) is 13.0. The van der Waals surface area contributed by atoms with E-state index < -0.39 is 0 Å². The van der Waals surface area contributed by atoms with Crippen LogP contribution in [0.5, 0.6) is 0 Å². The monoisotopic (exact) mass is 477 g/mol. The predicted octanol–water partition coefficient (Wildman–Crippen LogP) is 3.54. The molecule has 0 radical (unpaired) electrons. The molecule has 3 aliphatic rings. The molecule has 1 saturated carbocycles. The summed E-state index contributed by atoms with van der Waals surface area (Å²) in [6, 6.07) is 7.56. The van der Waals surface area contributed by atoms with Gasteiger partial charge in [0.05, 0.1) is 6.54 Å². The highest BCUT2D eigenvalue weighted by molar-refractivity contribution is 5.99. The van der Waals surface area contributed by atoms with E-state index in [-0.39, 0.29) is 23.8 Å². The molecule has 186 valence electrons. The van der Waals surface area contributed by atoms with Crippen LogP contribution in [0.1, 0.15) is 84.5 Å². The van der Waals surface area contributed by atoms with Gasteiger partial charge in [-0.1, -0.05) is 32.8 Å². The number of hydrogen-bond donors (Lipinski definition) is 1. The molecule has 0 atom stereocenters. The zero-order valence-electron chi connectivity index (χ0n) is 20.8. The Kier molecular flexibility index (Phi) is 6.62. The molecule has 0 spiro atoms. The number of anilines is 1. The molecule has 3 heterocycles. The Labute approximate surface area is 206 Å². The molecule has 2 aromatic rings. The zero-order chi connectivity index (χ0) is 24.5. The Balaban J connectivity index is 1.39. The van der Waals surface area contributed by atoms with Crippen molar-refractivity contribution in [2.24, 2.45) is 5.92 Å². The lowest BCUT2D eigenvalue weighted by molar-refractivity contribution is -0.117. The number of nitrogens with one attached hydrogen (secondary N) is 1. The van der Waals surface area contributed by atoms with Gasteiger partial charge in [-0.25, -0.2) is 0 Å². The summed E-state index contributed by atoms with van der Waals surface area (Å²) in [5.41, 5.74) is 3.73. The van der Waals surface area contributed by atoms with Crippen LogP contribution in [0.3, 0.4) is 0 Å². The normalized spacial score (nSPS) is 18.4. The number of benzene rings is 1. The second kappa shape index (κ2) is 9.84.